The third-order valence-corrected chi connectivity index (χ3v) is 7.32. The Bertz CT molecular complexity index is 1100. The van der Waals surface area contributed by atoms with Crippen molar-refractivity contribution in [2.24, 2.45) is 4.36 Å². The standard InChI is InChI=1S/C18H19ClN4O3S/c1-2-23-18(25)14(11-21-23)17(24)13-7-6-12(10-20)16(15(13)19)22-27(26)8-4-3-5-9-27/h6-7,11,21H,2-5,8-9H2,1H3. The Morgan fingerprint density at radius 3 is 2.63 bits per heavy atom. The molecule has 0 spiro atoms. The molecule has 1 aromatic carbocycles. The van der Waals surface area contributed by atoms with Crippen LogP contribution in [0.3, 0.4) is 0 Å². The SMILES string of the molecule is CCn1[nH]cc(C(=O)c2ccc(C#N)c(N=S3(=O)CCCCC3)c2Cl)c1=O. The first-order chi connectivity index (χ1) is 12.9. The van der Waals surface area contributed by atoms with E-state index in [0.29, 0.717) is 18.1 Å². The van der Waals surface area contributed by atoms with E-state index in [1.54, 1.807) is 6.92 Å². The van der Waals surface area contributed by atoms with Gasteiger partial charge in [0, 0.05) is 29.8 Å². The quantitative estimate of drug-likeness (QED) is 0.786. The third-order valence-electron chi connectivity index (χ3n) is 4.57. The van der Waals surface area contributed by atoms with Gasteiger partial charge in [0.05, 0.1) is 20.3 Å². The molecule has 0 radical (unpaired) electrons. The molecular weight excluding hydrogens is 388 g/mol. The molecule has 1 fully saturated rings. The van der Waals surface area contributed by atoms with Gasteiger partial charge in [-0.05, 0) is 31.9 Å². The van der Waals surface area contributed by atoms with Crippen LogP contribution in [0.1, 0.15) is 47.7 Å². The molecular formula is C18H19ClN4O3S. The molecule has 9 heteroatoms. The van der Waals surface area contributed by atoms with Gasteiger partial charge in [0.15, 0.2) is 0 Å². The van der Waals surface area contributed by atoms with Gasteiger partial charge in [-0.15, -0.1) is 0 Å². The zero-order chi connectivity index (χ0) is 19.6. The van der Waals surface area contributed by atoms with Crippen molar-refractivity contribution >= 4 is 32.8 Å². The van der Waals surface area contributed by atoms with Crippen molar-refractivity contribution in [1.29, 1.82) is 5.26 Å². The number of H-pyrrole nitrogens is 1. The lowest BCUT2D eigenvalue weighted by atomic mass is 10.0. The number of nitrogens with zero attached hydrogens (tertiary/aromatic N) is 3. The summed E-state index contributed by atoms with van der Waals surface area (Å²) < 4.78 is 18.6. The van der Waals surface area contributed by atoms with Gasteiger partial charge >= 0.3 is 0 Å². The summed E-state index contributed by atoms with van der Waals surface area (Å²) in [6.07, 6.45) is 3.95. The fourth-order valence-electron chi connectivity index (χ4n) is 3.06. The lowest BCUT2D eigenvalue weighted by Crippen LogP contribution is -2.21. The van der Waals surface area contributed by atoms with E-state index in [1.165, 1.54) is 23.0 Å². The number of hydrogen-bond acceptors (Lipinski definition) is 5. The Morgan fingerprint density at radius 1 is 1.33 bits per heavy atom. The molecule has 1 saturated heterocycles. The molecule has 0 atom stereocenters. The van der Waals surface area contributed by atoms with Crippen LogP contribution in [-0.2, 0) is 16.3 Å². The van der Waals surface area contributed by atoms with E-state index in [9.17, 15) is 19.1 Å². The molecule has 0 amide bonds. The van der Waals surface area contributed by atoms with Crippen molar-refractivity contribution in [3.05, 3.63) is 50.4 Å². The van der Waals surface area contributed by atoms with E-state index in [1.807, 2.05) is 6.07 Å². The number of nitriles is 1. The monoisotopic (exact) mass is 406 g/mol. The van der Waals surface area contributed by atoms with E-state index < -0.39 is 21.1 Å². The molecule has 0 bridgehead atoms. The maximum atomic E-state index is 13.0. The Morgan fingerprint density at radius 2 is 2.04 bits per heavy atom. The second kappa shape index (κ2) is 7.71. The summed E-state index contributed by atoms with van der Waals surface area (Å²) in [6.45, 7) is 2.17. The van der Waals surface area contributed by atoms with Crippen molar-refractivity contribution in [2.75, 3.05) is 11.5 Å². The summed E-state index contributed by atoms with van der Waals surface area (Å²) in [5, 5.41) is 12.1. The van der Waals surface area contributed by atoms with Crippen molar-refractivity contribution in [1.82, 2.24) is 9.78 Å². The Hall–Kier alpha value is -2.37. The first kappa shape index (κ1) is 19.4. The molecule has 27 heavy (non-hydrogen) atoms. The molecule has 0 saturated carbocycles. The van der Waals surface area contributed by atoms with E-state index >= 15 is 0 Å². The zero-order valence-electron chi connectivity index (χ0n) is 14.8. The Balaban J connectivity index is 2.14. The summed E-state index contributed by atoms with van der Waals surface area (Å²) in [7, 11) is -2.51. The molecule has 0 unspecified atom stereocenters. The molecule has 3 rings (SSSR count). The Labute approximate surface area is 162 Å². The van der Waals surface area contributed by atoms with Gasteiger partial charge in [-0.25, -0.2) is 4.21 Å². The van der Waals surface area contributed by atoms with Crippen LogP contribution < -0.4 is 5.56 Å². The first-order valence-corrected chi connectivity index (χ1v) is 10.9. The highest BCUT2D eigenvalue weighted by Gasteiger charge is 2.23. The average Bonchev–Trinajstić information content (AvgIpc) is 3.03. The molecule has 142 valence electrons. The van der Waals surface area contributed by atoms with Crippen LogP contribution in [0.5, 0.6) is 0 Å². The van der Waals surface area contributed by atoms with E-state index in [-0.39, 0.29) is 27.4 Å². The number of carbonyl (C=O) groups excluding carboxylic acids is 1. The number of rotatable bonds is 4. The maximum absolute atomic E-state index is 13.0. The zero-order valence-corrected chi connectivity index (χ0v) is 16.4. The second-order valence-electron chi connectivity index (χ2n) is 6.33. The second-order valence-corrected chi connectivity index (χ2v) is 9.26. The summed E-state index contributed by atoms with van der Waals surface area (Å²) in [5.74, 6) is 0.338. The topological polar surface area (TPSA) is 108 Å². The number of ketones is 1. The fourth-order valence-corrected chi connectivity index (χ4v) is 5.62. The van der Waals surface area contributed by atoms with Crippen LogP contribution in [-0.4, -0.2) is 31.3 Å². The largest absolute Gasteiger partial charge is 0.302 e. The summed E-state index contributed by atoms with van der Waals surface area (Å²) in [4.78, 5) is 25.1. The van der Waals surface area contributed by atoms with Gasteiger partial charge in [-0.2, -0.15) is 9.62 Å². The molecule has 2 heterocycles. The number of nitrogens with one attached hydrogen (secondary N) is 1. The van der Waals surface area contributed by atoms with Gasteiger partial charge in [0.2, 0.25) is 5.78 Å². The van der Waals surface area contributed by atoms with E-state index in [2.05, 4.69) is 9.46 Å². The fraction of sp³-hybridized carbons (Fsp3) is 0.389. The predicted octanol–water partition coefficient (Wildman–Crippen LogP) is 3.24. The molecule has 1 aromatic heterocycles. The number of halogens is 1. The van der Waals surface area contributed by atoms with Crippen molar-refractivity contribution in [3.8, 4) is 6.07 Å². The number of benzene rings is 1. The Kier molecular flexibility index (Phi) is 5.53. The minimum Gasteiger partial charge on any atom is -0.302 e. The van der Waals surface area contributed by atoms with E-state index in [0.717, 1.165) is 19.3 Å². The summed E-state index contributed by atoms with van der Waals surface area (Å²) in [5.41, 5.74) is -0.198. The minimum absolute atomic E-state index is 0.0451. The minimum atomic E-state index is -2.51. The summed E-state index contributed by atoms with van der Waals surface area (Å²) >= 11 is 6.40. The third kappa shape index (κ3) is 3.70. The van der Waals surface area contributed by atoms with Crippen LogP contribution in [0.15, 0.2) is 27.5 Å². The molecule has 1 N–H and O–H groups in total. The van der Waals surface area contributed by atoms with Crippen LogP contribution in [0.25, 0.3) is 0 Å². The lowest BCUT2D eigenvalue weighted by Gasteiger charge is -2.16. The van der Waals surface area contributed by atoms with Crippen LogP contribution in [0.4, 0.5) is 5.69 Å². The lowest BCUT2D eigenvalue weighted by molar-refractivity contribution is 0.103. The van der Waals surface area contributed by atoms with Gasteiger partial charge in [-0.1, -0.05) is 18.0 Å². The number of carbonyl (C=O) groups is 1. The number of aromatic nitrogens is 2. The highest BCUT2D eigenvalue weighted by Crippen LogP contribution is 2.35. The molecule has 2 aromatic rings. The highest BCUT2D eigenvalue weighted by molar-refractivity contribution is 7.93. The van der Waals surface area contributed by atoms with Gasteiger partial charge in [0.1, 0.15) is 17.3 Å². The highest BCUT2D eigenvalue weighted by atomic mass is 35.5. The van der Waals surface area contributed by atoms with Gasteiger partial charge in [-0.3, -0.25) is 14.3 Å². The molecule has 0 aliphatic carbocycles. The van der Waals surface area contributed by atoms with Crippen molar-refractivity contribution in [2.45, 2.75) is 32.7 Å². The van der Waals surface area contributed by atoms with Gasteiger partial charge in [0.25, 0.3) is 5.56 Å². The first-order valence-electron chi connectivity index (χ1n) is 8.68. The van der Waals surface area contributed by atoms with Gasteiger partial charge < -0.3 is 5.10 Å². The average molecular weight is 407 g/mol. The maximum Gasteiger partial charge on any atom is 0.277 e. The van der Waals surface area contributed by atoms with Crippen molar-refractivity contribution < 1.29 is 9.00 Å². The number of aromatic amines is 1. The van der Waals surface area contributed by atoms with E-state index in [4.69, 9.17) is 11.6 Å². The number of hydrogen-bond donors (Lipinski definition) is 1. The number of aryl methyl sites for hydroxylation is 1. The summed E-state index contributed by atoms with van der Waals surface area (Å²) in [6, 6.07) is 4.81. The predicted molar refractivity (Wildman–Crippen MR) is 104 cm³/mol. The molecule has 7 nitrogen and oxygen atoms in total. The van der Waals surface area contributed by atoms with Crippen LogP contribution in [0, 0.1) is 11.3 Å². The van der Waals surface area contributed by atoms with Crippen LogP contribution in [0.2, 0.25) is 5.02 Å². The molecule has 1 aliphatic rings. The van der Waals surface area contributed by atoms with Crippen LogP contribution >= 0.6 is 11.6 Å². The smallest absolute Gasteiger partial charge is 0.277 e. The van der Waals surface area contributed by atoms with Crippen molar-refractivity contribution in [3.63, 3.8) is 0 Å². The normalized spacial score (nSPS) is 15.9. The molecule has 1 aliphatic heterocycles.